The summed E-state index contributed by atoms with van der Waals surface area (Å²) >= 11 is 1.16. The van der Waals surface area contributed by atoms with Gasteiger partial charge in [-0.05, 0) is 41.1 Å². The van der Waals surface area contributed by atoms with Gasteiger partial charge in [-0.15, -0.1) is 11.3 Å². The zero-order valence-corrected chi connectivity index (χ0v) is 19.6. The second kappa shape index (κ2) is 10.0. The minimum absolute atomic E-state index is 0.133. The van der Waals surface area contributed by atoms with Crippen molar-refractivity contribution in [3.63, 3.8) is 0 Å². The maximum Gasteiger partial charge on any atom is 0.271 e. The number of carbonyl (C=O) groups excluding carboxylic acids is 1. The summed E-state index contributed by atoms with van der Waals surface area (Å²) in [7, 11) is -3.60. The molecule has 33 heavy (non-hydrogen) atoms. The van der Waals surface area contributed by atoms with E-state index in [4.69, 9.17) is 0 Å². The molecule has 7 nitrogen and oxygen atoms in total. The Morgan fingerprint density at radius 2 is 1.82 bits per heavy atom. The number of nitrogens with zero attached hydrogens (tertiary/aromatic N) is 1. The van der Waals surface area contributed by atoms with Crippen LogP contribution in [0.4, 0.5) is 5.69 Å². The lowest BCUT2D eigenvalue weighted by molar-refractivity contribution is -0.121. The standard InChI is InChI=1S/C24H24N4O3S2/c1-2-20(24-25-16-21(27-24)18-7-4-3-5-8-18)26-22(29)15-17-10-12-19(13-11-17)28-33(30,31)23-9-6-14-32-23/h3-14,16,20,28H,2,15H2,1H3,(H,25,27)(H,26,29). The predicted molar refractivity (Wildman–Crippen MR) is 130 cm³/mol. The van der Waals surface area contributed by atoms with Crippen LogP contribution in [0.2, 0.25) is 0 Å². The van der Waals surface area contributed by atoms with Gasteiger partial charge >= 0.3 is 0 Å². The molecule has 1 amide bonds. The Labute approximate surface area is 197 Å². The highest BCUT2D eigenvalue weighted by atomic mass is 32.2. The van der Waals surface area contributed by atoms with E-state index in [9.17, 15) is 13.2 Å². The predicted octanol–water partition coefficient (Wildman–Crippen LogP) is 4.75. The zero-order valence-electron chi connectivity index (χ0n) is 18.0. The molecule has 0 aliphatic carbocycles. The van der Waals surface area contributed by atoms with E-state index in [1.165, 1.54) is 0 Å². The molecule has 0 saturated carbocycles. The van der Waals surface area contributed by atoms with Gasteiger partial charge in [-0.25, -0.2) is 13.4 Å². The van der Waals surface area contributed by atoms with Crippen LogP contribution >= 0.6 is 11.3 Å². The van der Waals surface area contributed by atoms with Crippen molar-refractivity contribution in [2.24, 2.45) is 0 Å². The first-order valence-corrected chi connectivity index (χ1v) is 12.9. The molecule has 4 aromatic rings. The number of H-pyrrole nitrogens is 1. The number of hydrogen-bond donors (Lipinski definition) is 3. The van der Waals surface area contributed by atoms with E-state index in [-0.39, 0.29) is 22.6 Å². The lowest BCUT2D eigenvalue weighted by atomic mass is 10.1. The minimum Gasteiger partial charge on any atom is -0.346 e. The molecule has 0 fully saturated rings. The Kier molecular flexibility index (Phi) is 6.90. The first-order valence-electron chi connectivity index (χ1n) is 10.5. The quantitative estimate of drug-likeness (QED) is 0.322. The van der Waals surface area contributed by atoms with E-state index < -0.39 is 10.0 Å². The van der Waals surface area contributed by atoms with E-state index in [2.05, 4.69) is 20.0 Å². The van der Waals surface area contributed by atoms with Crippen molar-refractivity contribution in [1.29, 1.82) is 0 Å². The zero-order chi connectivity index (χ0) is 23.3. The number of thiophene rings is 1. The van der Waals surface area contributed by atoms with Gasteiger partial charge < -0.3 is 10.3 Å². The molecule has 3 N–H and O–H groups in total. The number of carbonyl (C=O) groups is 1. The van der Waals surface area contributed by atoms with Gasteiger partial charge in [-0.3, -0.25) is 9.52 Å². The molecule has 0 bridgehead atoms. The van der Waals surface area contributed by atoms with Gasteiger partial charge in [0.2, 0.25) is 5.91 Å². The molecular formula is C24H24N4O3S2. The maximum atomic E-state index is 12.6. The third-order valence-electron chi connectivity index (χ3n) is 5.08. The average molecular weight is 481 g/mol. The summed E-state index contributed by atoms with van der Waals surface area (Å²) < 4.78 is 27.5. The molecule has 9 heteroatoms. The van der Waals surface area contributed by atoms with Gasteiger partial charge in [0.15, 0.2) is 0 Å². The van der Waals surface area contributed by atoms with Crippen LogP contribution in [0.1, 0.15) is 30.8 Å². The van der Waals surface area contributed by atoms with Crippen LogP contribution in [0.25, 0.3) is 11.3 Å². The lowest BCUT2D eigenvalue weighted by Gasteiger charge is -2.15. The first kappa shape index (κ1) is 22.8. The van der Waals surface area contributed by atoms with Crippen molar-refractivity contribution in [3.8, 4) is 11.3 Å². The second-order valence-electron chi connectivity index (χ2n) is 7.49. The molecule has 0 aliphatic heterocycles. The van der Waals surface area contributed by atoms with E-state index >= 15 is 0 Å². The number of benzene rings is 2. The summed E-state index contributed by atoms with van der Waals surface area (Å²) in [6, 6.07) is 19.7. The number of rotatable bonds is 9. The third-order valence-corrected chi connectivity index (χ3v) is 7.86. The molecule has 1 unspecified atom stereocenters. The Morgan fingerprint density at radius 3 is 2.48 bits per heavy atom. The number of hydrogen-bond acceptors (Lipinski definition) is 5. The number of sulfonamides is 1. The molecule has 0 radical (unpaired) electrons. The highest BCUT2D eigenvalue weighted by molar-refractivity contribution is 7.94. The van der Waals surface area contributed by atoms with Crippen LogP contribution in [0.3, 0.4) is 0 Å². The molecule has 4 rings (SSSR count). The fraction of sp³-hybridized carbons (Fsp3) is 0.167. The van der Waals surface area contributed by atoms with Gasteiger partial charge in [-0.1, -0.05) is 55.5 Å². The number of imidazole rings is 1. The number of anilines is 1. The van der Waals surface area contributed by atoms with Crippen LogP contribution in [0.15, 0.2) is 82.5 Å². The third kappa shape index (κ3) is 5.68. The lowest BCUT2D eigenvalue weighted by Crippen LogP contribution is -2.30. The first-order chi connectivity index (χ1) is 15.9. The molecule has 0 aliphatic rings. The molecule has 2 aromatic heterocycles. The summed E-state index contributed by atoms with van der Waals surface area (Å²) in [4.78, 5) is 20.4. The van der Waals surface area contributed by atoms with Crippen molar-refractivity contribution in [2.45, 2.75) is 30.0 Å². The van der Waals surface area contributed by atoms with Crippen molar-refractivity contribution < 1.29 is 13.2 Å². The van der Waals surface area contributed by atoms with E-state index in [1.807, 2.05) is 37.3 Å². The van der Waals surface area contributed by atoms with Crippen molar-refractivity contribution in [2.75, 3.05) is 4.72 Å². The Morgan fingerprint density at radius 1 is 1.06 bits per heavy atom. The smallest absolute Gasteiger partial charge is 0.271 e. The van der Waals surface area contributed by atoms with Crippen LogP contribution in [0.5, 0.6) is 0 Å². The number of nitrogens with one attached hydrogen (secondary N) is 3. The largest absolute Gasteiger partial charge is 0.346 e. The fourth-order valence-electron chi connectivity index (χ4n) is 3.39. The number of aromatic nitrogens is 2. The highest BCUT2D eigenvalue weighted by Crippen LogP contribution is 2.22. The summed E-state index contributed by atoms with van der Waals surface area (Å²) in [5.41, 5.74) is 3.17. The fourth-order valence-corrected chi connectivity index (χ4v) is 5.44. The maximum absolute atomic E-state index is 12.6. The number of amides is 1. The van der Waals surface area contributed by atoms with Gasteiger partial charge in [-0.2, -0.15) is 0 Å². The molecule has 2 aromatic carbocycles. The topological polar surface area (TPSA) is 104 Å². The summed E-state index contributed by atoms with van der Waals surface area (Å²) in [6.45, 7) is 1.99. The Bertz CT molecular complexity index is 1300. The van der Waals surface area contributed by atoms with Crippen LogP contribution in [-0.4, -0.2) is 24.3 Å². The van der Waals surface area contributed by atoms with E-state index in [0.29, 0.717) is 17.9 Å². The average Bonchev–Trinajstić information content (AvgIpc) is 3.52. The van der Waals surface area contributed by atoms with Crippen molar-refractivity contribution in [1.82, 2.24) is 15.3 Å². The van der Waals surface area contributed by atoms with Gasteiger partial charge in [0.1, 0.15) is 10.0 Å². The molecule has 2 heterocycles. The second-order valence-corrected chi connectivity index (χ2v) is 10.3. The molecular weight excluding hydrogens is 456 g/mol. The monoisotopic (exact) mass is 480 g/mol. The Balaban J connectivity index is 1.36. The summed E-state index contributed by atoms with van der Waals surface area (Å²) in [5, 5.41) is 4.74. The van der Waals surface area contributed by atoms with Crippen LogP contribution in [-0.2, 0) is 21.2 Å². The molecule has 1 atom stereocenters. The normalized spacial score (nSPS) is 12.3. The molecule has 0 saturated heterocycles. The van der Waals surface area contributed by atoms with Crippen molar-refractivity contribution >= 4 is 33.0 Å². The van der Waals surface area contributed by atoms with Gasteiger partial charge in [0, 0.05) is 5.69 Å². The van der Waals surface area contributed by atoms with E-state index in [0.717, 1.165) is 28.2 Å². The summed E-state index contributed by atoms with van der Waals surface area (Å²) in [6.07, 6.45) is 2.65. The number of aromatic amines is 1. The van der Waals surface area contributed by atoms with Crippen LogP contribution in [0, 0.1) is 0 Å². The van der Waals surface area contributed by atoms with Gasteiger partial charge in [0.25, 0.3) is 10.0 Å². The Hall–Kier alpha value is -3.43. The molecule has 0 spiro atoms. The minimum atomic E-state index is -3.60. The highest BCUT2D eigenvalue weighted by Gasteiger charge is 2.18. The summed E-state index contributed by atoms with van der Waals surface area (Å²) in [5.74, 6) is 0.578. The van der Waals surface area contributed by atoms with Gasteiger partial charge in [0.05, 0.1) is 24.4 Å². The van der Waals surface area contributed by atoms with Crippen molar-refractivity contribution in [3.05, 3.63) is 89.7 Å². The SMILES string of the molecule is CCC(NC(=O)Cc1ccc(NS(=O)(=O)c2cccs2)cc1)c1ncc(-c2ccccc2)[nH]1. The van der Waals surface area contributed by atoms with E-state index in [1.54, 1.807) is 48.0 Å². The molecule has 170 valence electrons. The van der Waals surface area contributed by atoms with Crippen LogP contribution < -0.4 is 10.0 Å².